The number of hydrogen-bond acceptors (Lipinski definition) is 4. The number of hydrogen-bond donors (Lipinski definition) is 2. The maximum Gasteiger partial charge on any atom is 0.276 e. The molecule has 9 heteroatoms. The lowest BCUT2D eigenvalue weighted by atomic mass is 10.0. The zero-order chi connectivity index (χ0) is 23.7. The van der Waals surface area contributed by atoms with E-state index < -0.39 is 17.6 Å². The Bertz CT molecular complexity index is 1340. The third kappa shape index (κ3) is 4.79. The molecule has 0 radical (unpaired) electrons. The van der Waals surface area contributed by atoms with Crippen molar-refractivity contribution in [2.75, 3.05) is 18.4 Å². The number of carbonyl (C=O) groups excluding carboxylic acids is 1. The number of nitrogens with one attached hydrogen (secondary N) is 2. The zero-order valence-corrected chi connectivity index (χ0v) is 18.2. The molecular weight excluding hydrogens is 443 g/mol. The maximum absolute atomic E-state index is 13.5. The van der Waals surface area contributed by atoms with Crippen LogP contribution in [-0.2, 0) is 6.54 Å². The molecule has 1 saturated heterocycles. The number of amides is 1. The molecule has 174 valence electrons. The van der Waals surface area contributed by atoms with E-state index in [1.165, 1.54) is 18.2 Å². The van der Waals surface area contributed by atoms with E-state index >= 15 is 0 Å². The van der Waals surface area contributed by atoms with Crippen LogP contribution in [0, 0.1) is 5.82 Å². The zero-order valence-electron chi connectivity index (χ0n) is 18.2. The van der Waals surface area contributed by atoms with Gasteiger partial charge in [-0.25, -0.2) is 13.2 Å². The summed E-state index contributed by atoms with van der Waals surface area (Å²) >= 11 is 0. The molecule has 0 bridgehead atoms. The van der Waals surface area contributed by atoms with Gasteiger partial charge in [0.25, 0.3) is 11.8 Å². The molecule has 4 aromatic rings. The molecule has 1 aliphatic heterocycles. The van der Waals surface area contributed by atoms with Gasteiger partial charge < -0.3 is 5.32 Å². The number of fused-ring (bicyclic) bond motifs is 1. The molecule has 1 amide bonds. The maximum atomic E-state index is 13.5. The summed E-state index contributed by atoms with van der Waals surface area (Å²) < 4.78 is 40.3. The predicted octanol–water partition coefficient (Wildman–Crippen LogP) is 5.25. The molecule has 6 nitrogen and oxygen atoms in total. The van der Waals surface area contributed by atoms with Crippen molar-refractivity contribution in [1.29, 1.82) is 0 Å². The highest BCUT2D eigenvalue weighted by atomic mass is 19.3. The molecule has 2 aromatic carbocycles. The Balaban J connectivity index is 1.37. The summed E-state index contributed by atoms with van der Waals surface area (Å²) in [5, 5.41) is 10.3. The first-order valence-corrected chi connectivity index (χ1v) is 11.0. The number of pyridine rings is 1. The minimum absolute atomic E-state index is 0.127. The molecular formula is C25H22F3N5O. The summed E-state index contributed by atoms with van der Waals surface area (Å²) in [7, 11) is 0. The largest absolute Gasteiger partial charge is 0.320 e. The van der Waals surface area contributed by atoms with Crippen LogP contribution in [-0.4, -0.2) is 45.0 Å². The Morgan fingerprint density at radius 2 is 1.88 bits per heavy atom. The number of anilines is 1. The van der Waals surface area contributed by atoms with E-state index in [9.17, 15) is 18.0 Å². The second-order valence-electron chi connectivity index (χ2n) is 8.51. The first-order chi connectivity index (χ1) is 16.4. The van der Waals surface area contributed by atoms with Gasteiger partial charge in [-0.3, -0.25) is 19.8 Å². The summed E-state index contributed by atoms with van der Waals surface area (Å²) in [5.74, 6) is -3.48. The van der Waals surface area contributed by atoms with Gasteiger partial charge in [0.15, 0.2) is 5.69 Å². The molecule has 0 spiro atoms. The van der Waals surface area contributed by atoms with Gasteiger partial charge in [0, 0.05) is 61.5 Å². The number of carbonyl (C=O) groups is 1. The van der Waals surface area contributed by atoms with Crippen LogP contribution in [0.1, 0.15) is 28.9 Å². The lowest BCUT2D eigenvalue weighted by Crippen LogP contribution is -2.38. The van der Waals surface area contributed by atoms with Gasteiger partial charge in [-0.05, 0) is 47.5 Å². The third-order valence-corrected chi connectivity index (χ3v) is 5.98. The Kier molecular flexibility index (Phi) is 5.79. The highest BCUT2D eigenvalue weighted by Crippen LogP contribution is 2.29. The van der Waals surface area contributed by atoms with Crippen LogP contribution >= 0.6 is 0 Å². The van der Waals surface area contributed by atoms with Crippen LogP contribution in [0.5, 0.6) is 0 Å². The Hall–Kier alpha value is -3.72. The molecule has 2 N–H and O–H groups in total. The molecule has 0 saturated carbocycles. The second kappa shape index (κ2) is 8.90. The molecule has 34 heavy (non-hydrogen) atoms. The number of aromatic nitrogens is 3. The summed E-state index contributed by atoms with van der Waals surface area (Å²) in [4.78, 5) is 19.1. The number of alkyl halides is 2. The number of aromatic amines is 1. The van der Waals surface area contributed by atoms with Crippen molar-refractivity contribution in [2.24, 2.45) is 0 Å². The summed E-state index contributed by atoms with van der Waals surface area (Å²) in [5.41, 5.74) is 3.84. The van der Waals surface area contributed by atoms with E-state index in [4.69, 9.17) is 0 Å². The fourth-order valence-corrected chi connectivity index (χ4v) is 4.15. The van der Waals surface area contributed by atoms with Crippen LogP contribution in [0.15, 0.2) is 60.9 Å². The van der Waals surface area contributed by atoms with Gasteiger partial charge in [-0.1, -0.05) is 12.1 Å². The van der Waals surface area contributed by atoms with Crippen LogP contribution in [0.3, 0.4) is 0 Å². The smallest absolute Gasteiger partial charge is 0.276 e. The van der Waals surface area contributed by atoms with Crippen molar-refractivity contribution in [2.45, 2.75) is 25.3 Å². The van der Waals surface area contributed by atoms with E-state index in [1.54, 1.807) is 18.5 Å². The van der Waals surface area contributed by atoms with Crippen molar-refractivity contribution >= 4 is 22.5 Å². The SMILES string of the molecule is O=C(Nc1cccc(F)c1)c1n[nH]c2ccc(-c3cncc(CN4CCC(F)(F)CC4)c3)cc12. The number of benzene rings is 2. The van der Waals surface area contributed by atoms with E-state index in [0.29, 0.717) is 36.2 Å². The van der Waals surface area contributed by atoms with Crippen LogP contribution in [0.4, 0.5) is 18.9 Å². The number of halogens is 3. The standard InChI is InChI=1S/C25H22F3N5O/c26-19-2-1-3-20(12-19)30-24(34)23-21-11-17(4-5-22(21)31-32-23)18-10-16(13-29-14-18)15-33-8-6-25(27,28)7-9-33/h1-5,10-14H,6-9,15H2,(H,30,34)(H,31,32). The monoisotopic (exact) mass is 465 g/mol. The Morgan fingerprint density at radius 3 is 2.68 bits per heavy atom. The number of likely N-dealkylation sites (tertiary alicyclic amines) is 1. The van der Waals surface area contributed by atoms with Gasteiger partial charge in [-0.15, -0.1) is 0 Å². The van der Waals surface area contributed by atoms with Gasteiger partial charge in [0.2, 0.25) is 0 Å². The van der Waals surface area contributed by atoms with Crippen LogP contribution in [0.2, 0.25) is 0 Å². The fourth-order valence-electron chi connectivity index (χ4n) is 4.15. The Morgan fingerprint density at radius 1 is 1.06 bits per heavy atom. The summed E-state index contributed by atoms with van der Waals surface area (Å²) in [6, 6.07) is 13.2. The highest BCUT2D eigenvalue weighted by Gasteiger charge is 2.33. The second-order valence-corrected chi connectivity index (χ2v) is 8.51. The van der Waals surface area contributed by atoms with E-state index in [-0.39, 0.29) is 18.5 Å². The van der Waals surface area contributed by atoms with Crippen molar-refractivity contribution in [1.82, 2.24) is 20.1 Å². The lowest BCUT2D eigenvalue weighted by Gasteiger charge is -2.31. The van der Waals surface area contributed by atoms with Crippen molar-refractivity contribution < 1.29 is 18.0 Å². The molecule has 0 atom stereocenters. The number of nitrogens with zero attached hydrogens (tertiary/aromatic N) is 3. The lowest BCUT2D eigenvalue weighted by molar-refractivity contribution is -0.0566. The number of H-pyrrole nitrogens is 1. The summed E-state index contributed by atoms with van der Waals surface area (Å²) in [6.45, 7) is 1.25. The van der Waals surface area contributed by atoms with Crippen molar-refractivity contribution in [3.63, 3.8) is 0 Å². The van der Waals surface area contributed by atoms with Crippen molar-refractivity contribution in [3.05, 3.63) is 78.0 Å². The molecule has 3 heterocycles. The van der Waals surface area contributed by atoms with Gasteiger partial charge in [0.05, 0.1) is 5.52 Å². The molecule has 0 aliphatic carbocycles. The van der Waals surface area contributed by atoms with Crippen LogP contribution in [0.25, 0.3) is 22.0 Å². The first kappa shape index (κ1) is 22.1. The molecule has 2 aromatic heterocycles. The first-order valence-electron chi connectivity index (χ1n) is 11.0. The van der Waals surface area contributed by atoms with E-state index in [1.807, 2.05) is 29.2 Å². The average molecular weight is 465 g/mol. The van der Waals surface area contributed by atoms with E-state index in [2.05, 4.69) is 20.5 Å². The average Bonchev–Trinajstić information content (AvgIpc) is 3.24. The van der Waals surface area contributed by atoms with Gasteiger partial charge >= 0.3 is 0 Å². The highest BCUT2D eigenvalue weighted by molar-refractivity contribution is 6.11. The minimum Gasteiger partial charge on any atom is -0.320 e. The molecule has 1 aliphatic rings. The molecule has 5 rings (SSSR count). The minimum atomic E-state index is -2.57. The normalized spacial score (nSPS) is 16.0. The fraction of sp³-hybridized carbons (Fsp3) is 0.240. The van der Waals surface area contributed by atoms with E-state index in [0.717, 1.165) is 16.7 Å². The molecule has 0 unspecified atom stereocenters. The predicted molar refractivity (Wildman–Crippen MR) is 123 cm³/mol. The summed E-state index contributed by atoms with van der Waals surface area (Å²) in [6.07, 6.45) is 3.21. The topological polar surface area (TPSA) is 73.9 Å². The molecule has 1 fully saturated rings. The number of rotatable bonds is 5. The van der Waals surface area contributed by atoms with Gasteiger partial charge in [0.1, 0.15) is 5.82 Å². The van der Waals surface area contributed by atoms with Crippen molar-refractivity contribution in [3.8, 4) is 11.1 Å². The number of piperidine rings is 1. The van der Waals surface area contributed by atoms with Gasteiger partial charge in [-0.2, -0.15) is 5.10 Å². The third-order valence-electron chi connectivity index (χ3n) is 5.98. The quantitative estimate of drug-likeness (QED) is 0.422. The van der Waals surface area contributed by atoms with Crippen LogP contribution < -0.4 is 5.32 Å². The Labute approximate surface area is 193 Å².